The molecule has 0 radical (unpaired) electrons. The van der Waals surface area contributed by atoms with E-state index < -0.39 is 0 Å². The molecule has 0 saturated heterocycles. The molecule has 92 valence electrons. The lowest BCUT2D eigenvalue weighted by atomic mass is 10.0. The summed E-state index contributed by atoms with van der Waals surface area (Å²) in [5.41, 5.74) is 1.67. The molecule has 0 spiro atoms. The summed E-state index contributed by atoms with van der Waals surface area (Å²) in [5, 5.41) is 1.82. The molecule has 3 aromatic rings. The van der Waals surface area contributed by atoms with Gasteiger partial charge in [-0.15, -0.1) is 0 Å². The van der Waals surface area contributed by atoms with Crippen LogP contribution < -0.4 is 0 Å². The molecule has 0 aliphatic heterocycles. The largest absolute Gasteiger partial charge is 0.287 e. The number of rotatable bonds is 2. The first kappa shape index (κ1) is 11.5. The van der Waals surface area contributed by atoms with Crippen LogP contribution in [-0.4, -0.2) is 20.7 Å². The first-order valence-corrected chi connectivity index (χ1v) is 5.92. The van der Waals surface area contributed by atoms with Crippen molar-refractivity contribution in [1.82, 2.24) is 15.0 Å². The highest BCUT2D eigenvalue weighted by atomic mass is 16.1. The van der Waals surface area contributed by atoms with E-state index in [1.807, 2.05) is 31.2 Å². The third-order valence-corrected chi connectivity index (χ3v) is 2.93. The lowest BCUT2D eigenvalue weighted by Crippen LogP contribution is -2.06. The van der Waals surface area contributed by atoms with Crippen molar-refractivity contribution in [1.29, 1.82) is 0 Å². The van der Waals surface area contributed by atoms with Gasteiger partial charge in [-0.2, -0.15) is 0 Å². The van der Waals surface area contributed by atoms with Crippen molar-refractivity contribution in [2.45, 2.75) is 6.92 Å². The Morgan fingerprint density at radius 1 is 1.00 bits per heavy atom. The van der Waals surface area contributed by atoms with Crippen molar-refractivity contribution in [3.05, 3.63) is 66.0 Å². The van der Waals surface area contributed by atoms with E-state index in [-0.39, 0.29) is 5.78 Å². The molecular weight excluding hydrogens is 238 g/mol. The Kier molecular flexibility index (Phi) is 2.76. The number of aryl methyl sites for hydroxylation is 1. The van der Waals surface area contributed by atoms with Crippen molar-refractivity contribution < 1.29 is 4.79 Å². The third kappa shape index (κ3) is 2.08. The number of carbonyl (C=O) groups is 1. The molecule has 0 aliphatic rings. The Hall–Kier alpha value is -2.62. The molecule has 0 fully saturated rings. The van der Waals surface area contributed by atoms with Crippen molar-refractivity contribution >= 4 is 16.6 Å². The standard InChI is InChI=1S/C15H11N3O/c1-10-6-18-14(9-17-10)15(19)13-8-16-7-11-4-2-3-5-12(11)13/h2-9H,1H3. The van der Waals surface area contributed by atoms with Crippen LogP contribution in [-0.2, 0) is 0 Å². The normalized spacial score (nSPS) is 10.6. The monoisotopic (exact) mass is 249 g/mol. The highest BCUT2D eigenvalue weighted by molar-refractivity contribution is 6.15. The van der Waals surface area contributed by atoms with Gasteiger partial charge in [-0.1, -0.05) is 24.3 Å². The van der Waals surface area contributed by atoms with Crippen LogP contribution in [0.15, 0.2) is 49.1 Å². The molecule has 4 heteroatoms. The van der Waals surface area contributed by atoms with Crippen molar-refractivity contribution in [2.24, 2.45) is 0 Å². The molecule has 0 bridgehead atoms. The van der Waals surface area contributed by atoms with Gasteiger partial charge in [-0.3, -0.25) is 14.8 Å². The highest BCUT2D eigenvalue weighted by Gasteiger charge is 2.14. The van der Waals surface area contributed by atoms with E-state index in [9.17, 15) is 4.79 Å². The number of hydrogen-bond acceptors (Lipinski definition) is 4. The average Bonchev–Trinajstić information content (AvgIpc) is 2.47. The summed E-state index contributed by atoms with van der Waals surface area (Å²) in [6.07, 6.45) is 6.41. The maximum absolute atomic E-state index is 12.4. The third-order valence-electron chi connectivity index (χ3n) is 2.93. The molecule has 0 N–H and O–H groups in total. The fraction of sp³-hybridized carbons (Fsp3) is 0.0667. The van der Waals surface area contributed by atoms with Gasteiger partial charge in [0.15, 0.2) is 0 Å². The lowest BCUT2D eigenvalue weighted by Gasteiger charge is -2.04. The second-order valence-electron chi connectivity index (χ2n) is 4.28. The summed E-state index contributed by atoms with van der Waals surface area (Å²) in [5.74, 6) is -0.156. The van der Waals surface area contributed by atoms with Crippen LogP contribution in [0.25, 0.3) is 10.8 Å². The first-order valence-electron chi connectivity index (χ1n) is 5.92. The lowest BCUT2D eigenvalue weighted by molar-refractivity contribution is 0.103. The smallest absolute Gasteiger partial charge is 0.215 e. The minimum absolute atomic E-state index is 0.156. The fourth-order valence-corrected chi connectivity index (χ4v) is 1.95. The SMILES string of the molecule is Cc1cnc(C(=O)c2cncc3ccccc23)cn1. The molecule has 0 aliphatic carbocycles. The number of pyridine rings is 1. The van der Waals surface area contributed by atoms with Crippen LogP contribution in [0.1, 0.15) is 21.7 Å². The second-order valence-corrected chi connectivity index (χ2v) is 4.28. The zero-order valence-electron chi connectivity index (χ0n) is 10.4. The summed E-state index contributed by atoms with van der Waals surface area (Å²) in [4.78, 5) is 24.8. The maximum Gasteiger partial charge on any atom is 0.215 e. The fourth-order valence-electron chi connectivity index (χ4n) is 1.95. The summed E-state index contributed by atoms with van der Waals surface area (Å²) < 4.78 is 0. The second kappa shape index (κ2) is 4.57. The summed E-state index contributed by atoms with van der Waals surface area (Å²) >= 11 is 0. The van der Waals surface area contributed by atoms with Gasteiger partial charge in [0, 0.05) is 24.0 Å². The molecule has 19 heavy (non-hydrogen) atoms. The Bertz CT molecular complexity index is 745. The van der Waals surface area contributed by atoms with Gasteiger partial charge in [0.2, 0.25) is 5.78 Å². The van der Waals surface area contributed by atoms with E-state index >= 15 is 0 Å². The zero-order valence-corrected chi connectivity index (χ0v) is 10.4. The van der Waals surface area contributed by atoms with Crippen LogP contribution in [0.2, 0.25) is 0 Å². The van der Waals surface area contributed by atoms with Gasteiger partial charge in [-0.25, -0.2) is 4.98 Å². The van der Waals surface area contributed by atoms with E-state index in [4.69, 9.17) is 0 Å². The number of benzene rings is 1. The molecule has 2 aromatic heterocycles. The maximum atomic E-state index is 12.4. The molecule has 2 heterocycles. The van der Waals surface area contributed by atoms with Gasteiger partial charge < -0.3 is 0 Å². The van der Waals surface area contributed by atoms with Crippen LogP contribution in [0.4, 0.5) is 0 Å². The number of aromatic nitrogens is 3. The summed E-state index contributed by atoms with van der Waals surface area (Å²) in [7, 11) is 0. The van der Waals surface area contributed by atoms with Crippen LogP contribution in [0.5, 0.6) is 0 Å². The van der Waals surface area contributed by atoms with Gasteiger partial charge >= 0.3 is 0 Å². The molecule has 0 unspecified atom stereocenters. The van der Waals surface area contributed by atoms with Crippen LogP contribution in [0.3, 0.4) is 0 Å². The quantitative estimate of drug-likeness (QED) is 0.655. The van der Waals surface area contributed by atoms with E-state index in [1.54, 1.807) is 18.6 Å². The highest BCUT2D eigenvalue weighted by Crippen LogP contribution is 2.19. The Balaban J connectivity index is 2.14. The van der Waals surface area contributed by atoms with Crippen LogP contribution in [0, 0.1) is 6.92 Å². The first-order chi connectivity index (χ1) is 9.25. The molecule has 3 rings (SSSR count). The van der Waals surface area contributed by atoms with E-state index in [1.165, 1.54) is 6.20 Å². The number of hydrogen-bond donors (Lipinski definition) is 0. The molecule has 0 amide bonds. The molecule has 0 saturated carbocycles. The number of fused-ring (bicyclic) bond motifs is 1. The van der Waals surface area contributed by atoms with E-state index in [2.05, 4.69) is 15.0 Å². The summed E-state index contributed by atoms with van der Waals surface area (Å²) in [6.45, 7) is 1.83. The van der Waals surface area contributed by atoms with Gasteiger partial charge in [0.1, 0.15) is 5.69 Å². The van der Waals surface area contributed by atoms with E-state index in [0.29, 0.717) is 11.3 Å². The van der Waals surface area contributed by atoms with Crippen molar-refractivity contribution in [3.63, 3.8) is 0 Å². The minimum atomic E-state index is -0.156. The Morgan fingerprint density at radius 2 is 1.84 bits per heavy atom. The van der Waals surface area contributed by atoms with E-state index in [0.717, 1.165) is 16.5 Å². The predicted molar refractivity (Wildman–Crippen MR) is 71.9 cm³/mol. The Morgan fingerprint density at radius 3 is 2.63 bits per heavy atom. The van der Waals surface area contributed by atoms with Gasteiger partial charge in [0.25, 0.3) is 0 Å². The molecule has 0 atom stereocenters. The number of carbonyl (C=O) groups excluding carboxylic acids is 1. The van der Waals surface area contributed by atoms with Crippen molar-refractivity contribution in [2.75, 3.05) is 0 Å². The van der Waals surface area contributed by atoms with Crippen LogP contribution >= 0.6 is 0 Å². The zero-order chi connectivity index (χ0) is 13.2. The average molecular weight is 249 g/mol. The topological polar surface area (TPSA) is 55.7 Å². The minimum Gasteiger partial charge on any atom is -0.287 e. The number of ketones is 1. The number of nitrogens with zero attached hydrogens (tertiary/aromatic N) is 3. The molecule has 4 nitrogen and oxygen atoms in total. The van der Waals surface area contributed by atoms with Gasteiger partial charge in [-0.05, 0) is 12.3 Å². The van der Waals surface area contributed by atoms with Gasteiger partial charge in [0.05, 0.1) is 17.5 Å². The van der Waals surface area contributed by atoms with Crippen molar-refractivity contribution in [3.8, 4) is 0 Å². The molecular formula is C15H11N3O. The summed E-state index contributed by atoms with van der Waals surface area (Å²) in [6, 6.07) is 7.66. The predicted octanol–water partition coefficient (Wildman–Crippen LogP) is 2.56. The molecule has 1 aromatic carbocycles. The Labute approximate surface area is 110 Å².